The molecule has 3 rings (SSSR count). The lowest BCUT2D eigenvalue weighted by Gasteiger charge is -2.37. The molecule has 1 aliphatic rings. The highest BCUT2D eigenvalue weighted by Gasteiger charge is 2.23. The molecule has 21 heavy (non-hydrogen) atoms. The van der Waals surface area contributed by atoms with Gasteiger partial charge >= 0.3 is 0 Å². The Morgan fingerprint density at radius 2 is 2.14 bits per heavy atom. The van der Waals surface area contributed by atoms with Crippen LogP contribution in [-0.4, -0.2) is 39.6 Å². The fourth-order valence-electron chi connectivity index (χ4n) is 2.86. The Kier molecular flexibility index (Phi) is 5.15. The molecule has 0 spiro atoms. The fraction of sp³-hybridized carbons (Fsp3) is 0.533. The molecule has 1 aromatic carbocycles. The first kappa shape index (κ1) is 16.6. The molecule has 2 heterocycles. The van der Waals surface area contributed by atoms with E-state index in [1.165, 1.54) is 0 Å². The van der Waals surface area contributed by atoms with Crippen LogP contribution in [0.4, 0.5) is 0 Å². The minimum Gasteiger partial charge on any atom is -0.330 e. The zero-order valence-corrected chi connectivity index (χ0v) is 14.2. The molecule has 0 amide bonds. The maximum atomic E-state index is 6.05. The van der Waals surface area contributed by atoms with Crippen LogP contribution in [-0.2, 0) is 13.6 Å². The molecule has 1 aromatic heterocycles. The summed E-state index contributed by atoms with van der Waals surface area (Å²) in [7, 11) is 2.08. The molecule has 1 N–H and O–H groups in total. The molecule has 116 valence electrons. The number of halogens is 2. The third kappa shape index (κ3) is 3.34. The summed E-state index contributed by atoms with van der Waals surface area (Å²) in [5.41, 5.74) is 2.12. The molecule has 1 aliphatic heterocycles. The van der Waals surface area contributed by atoms with Gasteiger partial charge in [0.15, 0.2) is 0 Å². The van der Waals surface area contributed by atoms with Crippen molar-refractivity contribution < 1.29 is 0 Å². The second-order valence-electron chi connectivity index (χ2n) is 5.81. The van der Waals surface area contributed by atoms with Gasteiger partial charge in [-0.2, -0.15) is 0 Å². The van der Waals surface area contributed by atoms with Crippen molar-refractivity contribution in [2.75, 3.05) is 13.1 Å². The number of imidazole rings is 1. The van der Waals surface area contributed by atoms with E-state index in [4.69, 9.17) is 16.6 Å². The van der Waals surface area contributed by atoms with Gasteiger partial charge in [0.05, 0.1) is 17.6 Å². The van der Waals surface area contributed by atoms with Crippen molar-refractivity contribution in [3.63, 3.8) is 0 Å². The number of aromatic nitrogens is 2. The quantitative estimate of drug-likeness (QED) is 0.920. The van der Waals surface area contributed by atoms with Crippen molar-refractivity contribution in [1.29, 1.82) is 0 Å². The minimum absolute atomic E-state index is 0. The molecule has 2 unspecified atom stereocenters. The average molecular weight is 329 g/mol. The lowest BCUT2D eigenvalue weighted by molar-refractivity contribution is 0.134. The first-order valence-electron chi connectivity index (χ1n) is 7.13. The zero-order valence-electron chi connectivity index (χ0n) is 12.6. The molecule has 6 heteroatoms. The van der Waals surface area contributed by atoms with E-state index in [1.807, 2.05) is 18.2 Å². The van der Waals surface area contributed by atoms with Gasteiger partial charge in [0.2, 0.25) is 0 Å². The predicted octanol–water partition coefficient (Wildman–Crippen LogP) is 2.83. The molecular weight excluding hydrogens is 307 g/mol. The molecule has 1 saturated heterocycles. The van der Waals surface area contributed by atoms with Crippen LogP contribution in [0.1, 0.15) is 19.7 Å². The number of aryl methyl sites for hydroxylation is 1. The van der Waals surface area contributed by atoms with Crippen molar-refractivity contribution in [1.82, 2.24) is 19.8 Å². The first-order valence-corrected chi connectivity index (χ1v) is 7.50. The van der Waals surface area contributed by atoms with Gasteiger partial charge in [0, 0.05) is 37.2 Å². The van der Waals surface area contributed by atoms with Gasteiger partial charge in [-0.05, 0) is 32.0 Å². The van der Waals surface area contributed by atoms with Crippen LogP contribution >= 0.6 is 24.0 Å². The van der Waals surface area contributed by atoms with Crippen LogP contribution in [0, 0.1) is 0 Å². The fourth-order valence-corrected chi connectivity index (χ4v) is 3.03. The average Bonchev–Trinajstić information content (AvgIpc) is 2.70. The number of benzene rings is 1. The molecular formula is C15H22Cl2N4. The van der Waals surface area contributed by atoms with E-state index in [0.29, 0.717) is 12.1 Å². The van der Waals surface area contributed by atoms with Crippen molar-refractivity contribution in [2.24, 2.45) is 7.05 Å². The Morgan fingerprint density at radius 1 is 1.38 bits per heavy atom. The van der Waals surface area contributed by atoms with Gasteiger partial charge in [0.25, 0.3) is 0 Å². The van der Waals surface area contributed by atoms with Gasteiger partial charge in [-0.15, -0.1) is 12.4 Å². The Balaban J connectivity index is 0.00000161. The van der Waals surface area contributed by atoms with Crippen molar-refractivity contribution in [2.45, 2.75) is 32.5 Å². The summed E-state index contributed by atoms with van der Waals surface area (Å²) in [6.45, 7) is 7.48. The van der Waals surface area contributed by atoms with Crippen LogP contribution < -0.4 is 5.32 Å². The summed E-state index contributed by atoms with van der Waals surface area (Å²) >= 11 is 6.05. The van der Waals surface area contributed by atoms with E-state index in [0.717, 1.165) is 41.5 Å². The molecule has 0 saturated carbocycles. The number of nitrogens with one attached hydrogen (secondary N) is 1. The standard InChI is InChI=1S/C15H21ClN4.ClH/c1-10-8-20(11(2)7-17-10)9-15-18-13-6-12(16)4-5-14(13)19(15)3;/h4-6,10-11,17H,7-9H2,1-3H3;1H. The zero-order chi connectivity index (χ0) is 14.3. The molecule has 0 radical (unpaired) electrons. The van der Waals surface area contributed by atoms with E-state index in [9.17, 15) is 0 Å². The number of hydrogen-bond donors (Lipinski definition) is 1. The largest absolute Gasteiger partial charge is 0.330 e. The van der Waals surface area contributed by atoms with Gasteiger partial charge in [0.1, 0.15) is 5.82 Å². The Bertz CT molecular complexity index is 625. The Hall–Kier alpha value is -0.810. The molecule has 4 nitrogen and oxygen atoms in total. The van der Waals surface area contributed by atoms with Gasteiger partial charge in [-0.1, -0.05) is 11.6 Å². The molecule has 2 aromatic rings. The van der Waals surface area contributed by atoms with Gasteiger partial charge in [-0.3, -0.25) is 4.90 Å². The van der Waals surface area contributed by atoms with Crippen LogP contribution in [0.5, 0.6) is 0 Å². The predicted molar refractivity (Wildman–Crippen MR) is 90.3 cm³/mol. The second-order valence-corrected chi connectivity index (χ2v) is 6.24. The smallest absolute Gasteiger partial charge is 0.123 e. The first-order chi connectivity index (χ1) is 9.54. The minimum atomic E-state index is 0. The Labute approximate surface area is 136 Å². The third-order valence-corrected chi connectivity index (χ3v) is 4.41. The summed E-state index contributed by atoms with van der Waals surface area (Å²) in [5, 5.41) is 4.25. The maximum Gasteiger partial charge on any atom is 0.123 e. The number of rotatable bonds is 2. The molecule has 2 atom stereocenters. The summed E-state index contributed by atoms with van der Waals surface area (Å²) < 4.78 is 2.17. The number of hydrogen-bond acceptors (Lipinski definition) is 3. The van der Waals surface area contributed by atoms with E-state index < -0.39 is 0 Å². The van der Waals surface area contributed by atoms with Crippen LogP contribution in [0.3, 0.4) is 0 Å². The van der Waals surface area contributed by atoms with Gasteiger partial charge < -0.3 is 9.88 Å². The third-order valence-electron chi connectivity index (χ3n) is 4.17. The molecule has 1 fully saturated rings. The summed E-state index contributed by atoms with van der Waals surface area (Å²) in [6, 6.07) is 6.97. The van der Waals surface area contributed by atoms with Crippen LogP contribution in [0.25, 0.3) is 11.0 Å². The highest BCUT2D eigenvalue weighted by molar-refractivity contribution is 6.31. The Morgan fingerprint density at radius 3 is 2.90 bits per heavy atom. The lowest BCUT2D eigenvalue weighted by atomic mass is 10.1. The summed E-state index contributed by atoms with van der Waals surface area (Å²) in [5.74, 6) is 1.10. The van der Waals surface area contributed by atoms with E-state index in [1.54, 1.807) is 0 Å². The lowest BCUT2D eigenvalue weighted by Crippen LogP contribution is -2.53. The number of piperazine rings is 1. The monoisotopic (exact) mass is 328 g/mol. The SMILES string of the molecule is CC1CN(Cc2nc3cc(Cl)ccc3n2C)C(C)CN1.Cl. The number of nitrogens with zero attached hydrogens (tertiary/aromatic N) is 3. The van der Waals surface area contributed by atoms with E-state index in [2.05, 4.69) is 35.7 Å². The second kappa shape index (κ2) is 6.53. The van der Waals surface area contributed by atoms with E-state index in [-0.39, 0.29) is 12.4 Å². The van der Waals surface area contributed by atoms with Gasteiger partial charge in [-0.25, -0.2) is 4.98 Å². The summed E-state index contributed by atoms with van der Waals surface area (Å²) in [6.07, 6.45) is 0. The van der Waals surface area contributed by atoms with Crippen LogP contribution in [0.15, 0.2) is 18.2 Å². The summed E-state index contributed by atoms with van der Waals surface area (Å²) in [4.78, 5) is 7.23. The number of fused-ring (bicyclic) bond motifs is 1. The van der Waals surface area contributed by atoms with E-state index >= 15 is 0 Å². The molecule has 0 aliphatic carbocycles. The normalized spacial score (nSPS) is 23.2. The highest BCUT2D eigenvalue weighted by Crippen LogP contribution is 2.21. The van der Waals surface area contributed by atoms with Crippen molar-refractivity contribution in [3.8, 4) is 0 Å². The van der Waals surface area contributed by atoms with Crippen LogP contribution in [0.2, 0.25) is 5.02 Å². The van der Waals surface area contributed by atoms with Crippen molar-refractivity contribution in [3.05, 3.63) is 29.0 Å². The highest BCUT2D eigenvalue weighted by atomic mass is 35.5. The molecule has 0 bridgehead atoms. The topological polar surface area (TPSA) is 33.1 Å². The maximum absolute atomic E-state index is 6.05. The van der Waals surface area contributed by atoms with Crippen molar-refractivity contribution >= 4 is 35.0 Å².